The number of rotatable bonds is 7. The van der Waals surface area contributed by atoms with Crippen molar-refractivity contribution in [1.29, 1.82) is 0 Å². The van der Waals surface area contributed by atoms with Crippen LogP contribution in [0.4, 0.5) is 0 Å². The van der Waals surface area contributed by atoms with Gasteiger partial charge in [-0.15, -0.1) is 0 Å². The van der Waals surface area contributed by atoms with Crippen molar-refractivity contribution in [2.24, 2.45) is 0 Å². The molecule has 0 radical (unpaired) electrons. The van der Waals surface area contributed by atoms with Crippen molar-refractivity contribution in [2.45, 2.75) is 25.9 Å². The van der Waals surface area contributed by atoms with Gasteiger partial charge in [0, 0.05) is 25.5 Å². The summed E-state index contributed by atoms with van der Waals surface area (Å²) in [6, 6.07) is 2.55. The molecule has 0 spiro atoms. The van der Waals surface area contributed by atoms with E-state index in [0.29, 0.717) is 6.54 Å². The largest absolute Gasteiger partial charge is 0.459 e. The van der Waals surface area contributed by atoms with Crippen molar-refractivity contribution < 1.29 is 14.0 Å². The van der Waals surface area contributed by atoms with Gasteiger partial charge in [0.15, 0.2) is 5.76 Å². The predicted molar refractivity (Wildman–Crippen MR) is 75.5 cm³/mol. The van der Waals surface area contributed by atoms with Crippen LogP contribution in [0.5, 0.6) is 0 Å². The van der Waals surface area contributed by atoms with Gasteiger partial charge in [0.05, 0.1) is 12.6 Å². The van der Waals surface area contributed by atoms with Crippen LogP contribution in [0.25, 0.3) is 0 Å². The first-order valence-corrected chi connectivity index (χ1v) is 6.74. The van der Waals surface area contributed by atoms with Crippen LogP contribution in [0, 0.1) is 0 Å². The molecule has 0 saturated carbocycles. The van der Waals surface area contributed by atoms with Crippen LogP contribution in [0.1, 0.15) is 23.9 Å². The summed E-state index contributed by atoms with van der Waals surface area (Å²) in [7, 11) is 0. The molecule has 2 aromatic heterocycles. The molecule has 2 rings (SSSR count). The Balaban J connectivity index is 1.66. The Labute approximate surface area is 122 Å². The Morgan fingerprint density at radius 2 is 2.33 bits per heavy atom. The van der Waals surface area contributed by atoms with E-state index >= 15 is 0 Å². The molecule has 112 valence electrons. The van der Waals surface area contributed by atoms with Crippen LogP contribution < -0.4 is 10.6 Å². The Hall–Kier alpha value is -2.57. The second-order valence-corrected chi connectivity index (χ2v) is 4.62. The number of carbonyl (C=O) groups is 2. The summed E-state index contributed by atoms with van der Waals surface area (Å²) in [4.78, 5) is 27.5. The molecule has 7 nitrogen and oxygen atoms in total. The molecule has 1 atom stereocenters. The van der Waals surface area contributed by atoms with E-state index in [1.807, 2.05) is 10.8 Å². The number of hydrogen-bond acceptors (Lipinski definition) is 4. The molecular weight excluding hydrogens is 272 g/mol. The van der Waals surface area contributed by atoms with Crippen LogP contribution in [0.15, 0.2) is 41.5 Å². The summed E-state index contributed by atoms with van der Waals surface area (Å²) >= 11 is 0. The smallest absolute Gasteiger partial charge is 0.287 e. The number of aryl methyl sites for hydroxylation is 1. The number of aromatic nitrogens is 2. The van der Waals surface area contributed by atoms with E-state index in [1.165, 1.54) is 6.26 Å². The first-order valence-electron chi connectivity index (χ1n) is 6.74. The standard InChI is InChI=1S/C14H18N4O3/c1-11(17-14(20)12-4-2-9-21-12)13(19)16-5-3-7-18-8-6-15-10-18/h2,4,6,8-11H,3,5,7H2,1H3,(H,16,19)(H,17,20). The van der Waals surface area contributed by atoms with Crippen LogP contribution in [0.3, 0.4) is 0 Å². The highest BCUT2D eigenvalue weighted by Gasteiger charge is 2.17. The minimum absolute atomic E-state index is 0.190. The van der Waals surface area contributed by atoms with Crippen molar-refractivity contribution in [1.82, 2.24) is 20.2 Å². The maximum absolute atomic E-state index is 11.8. The summed E-state index contributed by atoms with van der Waals surface area (Å²) in [5.41, 5.74) is 0. The van der Waals surface area contributed by atoms with E-state index in [0.717, 1.165) is 13.0 Å². The average molecular weight is 290 g/mol. The minimum Gasteiger partial charge on any atom is -0.459 e. The highest BCUT2D eigenvalue weighted by molar-refractivity contribution is 5.95. The van der Waals surface area contributed by atoms with Crippen LogP contribution in [0.2, 0.25) is 0 Å². The van der Waals surface area contributed by atoms with Gasteiger partial charge < -0.3 is 19.6 Å². The number of hydrogen-bond donors (Lipinski definition) is 2. The molecule has 2 aromatic rings. The number of imidazole rings is 1. The fraction of sp³-hybridized carbons (Fsp3) is 0.357. The number of carbonyl (C=O) groups excluding carboxylic acids is 2. The van der Waals surface area contributed by atoms with Crippen molar-refractivity contribution >= 4 is 11.8 Å². The zero-order chi connectivity index (χ0) is 15.1. The fourth-order valence-corrected chi connectivity index (χ4v) is 1.79. The quantitative estimate of drug-likeness (QED) is 0.738. The third-order valence-electron chi connectivity index (χ3n) is 2.94. The maximum Gasteiger partial charge on any atom is 0.287 e. The molecule has 0 aliphatic carbocycles. The van der Waals surface area contributed by atoms with Gasteiger partial charge in [0.2, 0.25) is 5.91 Å². The van der Waals surface area contributed by atoms with Gasteiger partial charge in [-0.3, -0.25) is 9.59 Å². The molecule has 2 heterocycles. The second-order valence-electron chi connectivity index (χ2n) is 4.62. The Morgan fingerprint density at radius 1 is 1.48 bits per heavy atom. The van der Waals surface area contributed by atoms with Gasteiger partial charge in [0.1, 0.15) is 6.04 Å². The van der Waals surface area contributed by atoms with Gasteiger partial charge in [-0.2, -0.15) is 0 Å². The number of nitrogens with zero attached hydrogens (tertiary/aromatic N) is 2. The van der Waals surface area contributed by atoms with Gasteiger partial charge >= 0.3 is 0 Å². The summed E-state index contributed by atoms with van der Waals surface area (Å²) in [5, 5.41) is 5.35. The maximum atomic E-state index is 11.8. The average Bonchev–Trinajstić information content (AvgIpc) is 3.15. The van der Waals surface area contributed by atoms with Crippen molar-refractivity contribution in [3.8, 4) is 0 Å². The van der Waals surface area contributed by atoms with Gasteiger partial charge in [-0.25, -0.2) is 4.98 Å². The lowest BCUT2D eigenvalue weighted by atomic mass is 10.3. The molecule has 21 heavy (non-hydrogen) atoms. The fourth-order valence-electron chi connectivity index (χ4n) is 1.79. The Bertz CT molecular complexity index is 563. The Morgan fingerprint density at radius 3 is 3.00 bits per heavy atom. The molecule has 0 bridgehead atoms. The van der Waals surface area contributed by atoms with E-state index in [4.69, 9.17) is 4.42 Å². The van der Waals surface area contributed by atoms with Crippen molar-refractivity contribution in [2.75, 3.05) is 6.54 Å². The third-order valence-corrected chi connectivity index (χ3v) is 2.94. The van der Waals surface area contributed by atoms with E-state index < -0.39 is 11.9 Å². The lowest BCUT2D eigenvalue weighted by molar-refractivity contribution is -0.122. The molecular formula is C14H18N4O3. The first kappa shape index (κ1) is 14.8. The van der Waals surface area contributed by atoms with E-state index in [2.05, 4.69) is 15.6 Å². The monoisotopic (exact) mass is 290 g/mol. The number of furan rings is 1. The lowest BCUT2D eigenvalue weighted by Gasteiger charge is -2.13. The van der Waals surface area contributed by atoms with Crippen molar-refractivity contribution in [3.63, 3.8) is 0 Å². The van der Waals surface area contributed by atoms with E-state index in [9.17, 15) is 9.59 Å². The van der Waals surface area contributed by atoms with Crippen LogP contribution in [-0.2, 0) is 11.3 Å². The molecule has 0 aliphatic heterocycles. The zero-order valence-corrected chi connectivity index (χ0v) is 11.8. The van der Waals surface area contributed by atoms with Gasteiger partial charge in [-0.1, -0.05) is 0 Å². The molecule has 0 aliphatic rings. The second kappa shape index (κ2) is 7.28. The molecule has 7 heteroatoms. The summed E-state index contributed by atoms with van der Waals surface area (Å²) in [5.74, 6) is -0.434. The molecule has 1 unspecified atom stereocenters. The molecule has 2 N–H and O–H groups in total. The summed E-state index contributed by atoms with van der Waals surface area (Å²) in [6.45, 7) is 2.96. The molecule has 0 fully saturated rings. The normalized spacial score (nSPS) is 11.9. The highest BCUT2D eigenvalue weighted by atomic mass is 16.3. The molecule has 2 amide bonds. The lowest BCUT2D eigenvalue weighted by Crippen LogP contribution is -2.45. The van der Waals surface area contributed by atoms with Gasteiger partial charge in [0.25, 0.3) is 5.91 Å². The topological polar surface area (TPSA) is 89.2 Å². The Kier molecular flexibility index (Phi) is 5.14. The number of nitrogens with one attached hydrogen (secondary N) is 2. The van der Waals surface area contributed by atoms with Crippen LogP contribution >= 0.6 is 0 Å². The third kappa shape index (κ3) is 4.48. The van der Waals surface area contributed by atoms with Crippen LogP contribution in [-0.4, -0.2) is 34.0 Å². The first-order chi connectivity index (χ1) is 10.2. The van der Waals surface area contributed by atoms with Gasteiger partial charge in [-0.05, 0) is 25.5 Å². The summed E-state index contributed by atoms with van der Waals surface area (Å²) < 4.78 is 6.90. The predicted octanol–water partition coefficient (Wildman–Crippen LogP) is 0.801. The molecule has 0 aromatic carbocycles. The van der Waals surface area contributed by atoms with Crippen molar-refractivity contribution in [3.05, 3.63) is 42.9 Å². The zero-order valence-electron chi connectivity index (χ0n) is 11.8. The summed E-state index contributed by atoms with van der Waals surface area (Å²) in [6.07, 6.45) is 7.52. The molecule has 0 saturated heterocycles. The number of amides is 2. The highest BCUT2D eigenvalue weighted by Crippen LogP contribution is 2.00. The van der Waals surface area contributed by atoms with E-state index in [-0.39, 0.29) is 11.7 Å². The minimum atomic E-state index is -0.615. The SMILES string of the molecule is CC(NC(=O)c1ccco1)C(=O)NCCCn1ccnc1. The van der Waals surface area contributed by atoms with E-state index in [1.54, 1.807) is 31.6 Å².